The summed E-state index contributed by atoms with van der Waals surface area (Å²) in [6, 6.07) is 11.5. The van der Waals surface area contributed by atoms with E-state index in [0.29, 0.717) is 10.8 Å². The van der Waals surface area contributed by atoms with E-state index in [1.54, 1.807) is 38.1 Å². The molecule has 1 atom stereocenters. The van der Waals surface area contributed by atoms with Gasteiger partial charge in [-0.15, -0.1) is 0 Å². The zero-order chi connectivity index (χ0) is 23.0. The molecule has 2 aromatic carbocycles. The number of benzene rings is 2. The molecule has 0 saturated heterocycles. The van der Waals surface area contributed by atoms with E-state index in [1.165, 1.54) is 31.4 Å². The quantitative estimate of drug-likeness (QED) is 0.518. The molecular weight excluding hydrogens is 444 g/mol. The molecule has 1 amide bonds. The van der Waals surface area contributed by atoms with E-state index in [9.17, 15) is 18.0 Å². The van der Waals surface area contributed by atoms with Crippen molar-refractivity contribution in [3.63, 3.8) is 0 Å². The van der Waals surface area contributed by atoms with Gasteiger partial charge in [-0.1, -0.05) is 37.6 Å². The van der Waals surface area contributed by atoms with Crippen LogP contribution in [0.2, 0.25) is 5.02 Å². The zero-order valence-corrected chi connectivity index (χ0v) is 19.0. The highest BCUT2D eigenvalue weighted by Crippen LogP contribution is 2.17. The monoisotopic (exact) mass is 468 g/mol. The summed E-state index contributed by atoms with van der Waals surface area (Å²) < 4.78 is 37.6. The fraction of sp³-hybridized carbons (Fsp3) is 0.333. The van der Waals surface area contributed by atoms with Crippen LogP contribution < -0.4 is 14.8 Å². The van der Waals surface area contributed by atoms with E-state index in [-0.39, 0.29) is 11.4 Å². The molecule has 2 N–H and O–H groups in total. The Hall–Kier alpha value is -2.62. The molecule has 0 bridgehead atoms. The Balaban J connectivity index is 1.94. The van der Waals surface area contributed by atoms with Gasteiger partial charge in [0.1, 0.15) is 11.8 Å². The number of sulfonamides is 1. The highest BCUT2D eigenvalue weighted by molar-refractivity contribution is 7.89. The van der Waals surface area contributed by atoms with Gasteiger partial charge >= 0.3 is 5.97 Å². The molecule has 0 radical (unpaired) electrons. The van der Waals surface area contributed by atoms with E-state index in [2.05, 4.69) is 10.0 Å². The Morgan fingerprint density at radius 2 is 1.77 bits per heavy atom. The van der Waals surface area contributed by atoms with Crippen LogP contribution in [-0.2, 0) is 30.9 Å². The fourth-order valence-corrected chi connectivity index (χ4v) is 4.12. The Morgan fingerprint density at radius 1 is 1.10 bits per heavy atom. The lowest BCUT2D eigenvalue weighted by Gasteiger charge is -2.20. The second-order valence-electron chi connectivity index (χ2n) is 7.03. The smallest absolute Gasteiger partial charge is 0.324 e. The summed E-state index contributed by atoms with van der Waals surface area (Å²) in [5, 5.41) is 3.15. The summed E-state index contributed by atoms with van der Waals surface area (Å²) in [7, 11) is -2.51. The molecule has 0 aromatic heterocycles. The first-order chi connectivity index (χ1) is 14.6. The summed E-state index contributed by atoms with van der Waals surface area (Å²) in [5.41, 5.74) is 0.791. The van der Waals surface area contributed by atoms with Crippen molar-refractivity contribution in [2.45, 2.75) is 31.3 Å². The predicted molar refractivity (Wildman–Crippen MR) is 116 cm³/mol. The van der Waals surface area contributed by atoms with Crippen molar-refractivity contribution in [3.8, 4) is 5.75 Å². The number of amides is 1. The Bertz CT molecular complexity index is 1010. The third-order valence-electron chi connectivity index (χ3n) is 4.30. The van der Waals surface area contributed by atoms with Gasteiger partial charge < -0.3 is 14.8 Å². The van der Waals surface area contributed by atoms with E-state index < -0.39 is 40.5 Å². The molecule has 0 spiro atoms. The SMILES string of the molecule is COc1ccc(S(=O)(=O)N[C@H](C(=O)OCC(=O)NCc2cccc(Cl)c2)C(C)C)cc1. The number of methoxy groups -OCH3 is 1. The van der Waals surface area contributed by atoms with Gasteiger partial charge in [0.15, 0.2) is 6.61 Å². The summed E-state index contributed by atoms with van der Waals surface area (Å²) in [4.78, 5) is 24.4. The van der Waals surface area contributed by atoms with Crippen LogP contribution >= 0.6 is 11.6 Å². The first-order valence-corrected chi connectivity index (χ1v) is 11.3. The lowest BCUT2D eigenvalue weighted by molar-refractivity contribution is -0.151. The highest BCUT2D eigenvalue weighted by atomic mass is 35.5. The number of ether oxygens (including phenoxy) is 2. The van der Waals surface area contributed by atoms with Gasteiger partial charge in [0, 0.05) is 11.6 Å². The normalized spacial score (nSPS) is 12.3. The van der Waals surface area contributed by atoms with Crippen LogP contribution in [0.4, 0.5) is 0 Å². The van der Waals surface area contributed by atoms with Crippen LogP contribution in [0.25, 0.3) is 0 Å². The maximum Gasteiger partial charge on any atom is 0.324 e. The van der Waals surface area contributed by atoms with Crippen molar-refractivity contribution < 1.29 is 27.5 Å². The van der Waals surface area contributed by atoms with Gasteiger partial charge in [0.2, 0.25) is 10.0 Å². The molecule has 2 aromatic rings. The Morgan fingerprint density at radius 3 is 2.35 bits per heavy atom. The molecule has 2 rings (SSSR count). The molecule has 10 heteroatoms. The van der Waals surface area contributed by atoms with Crippen LogP contribution in [0.3, 0.4) is 0 Å². The van der Waals surface area contributed by atoms with Crippen LogP contribution in [-0.4, -0.2) is 40.1 Å². The number of hydrogen-bond acceptors (Lipinski definition) is 6. The first-order valence-electron chi connectivity index (χ1n) is 9.46. The largest absolute Gasteiger partial charge is 0.497 e. The third kappa shape index (κ3) is 7.54. The number of carbonyl (C=O) groups is 2. The van der Waals surface area contributed by atoms with Gasteiger partial charge in [-0.25, -0.2) is 8.42 Å². The maximum absolute atomic E-state index is 12.6. The van der Waals surface area contributed by atoms with Gasteiger partial charge in [-0.05, 0) is 47.9 Å². The summed E-state index contributed by atoms with van der Waals surface area (Å²) in [6.07, 6.45) is 0. The molecule has 0 fully saturated rings. The molecule has 168 valence electrons. The van der Waals surface area contributed by atoms with Gasteiger partial charge in [-0.2, -0.15) is 4.72 Å². The zero-order valence-electron chi connectivity index (χ0n) is 17.4. The average Bonchev–Trinajstić information content (AvgIpc) is 2.74. The summed E-state index contributed by atoms with van der Waals surface area (Å²) >= 11 is 5.90. The lowest BCUT2D eigenvalue weighted by Crippen LogP contribution is -2.46. The van der Waals surface area contributed by atoms with Gasteiger partial charge in [0.05, 0.1) is 12.0 Å². The van der Waals surface area contributed by atoms with Crippen LogP contribution in [0.5, 0.6) is 5.75 Å². The number of rotatable bonds is 10. The minimum Gasteiger partial charge on any atom is -0.497 e. The highest BCUT2D eigenvalue weighted by Gasteiger charge is 2.30. The number of carbonyl (C=O) groups excluding carboxylic acids is 2. The lowest BCUT2D eigenvalue weighted by atomic mass is 10.1. The second-order valence-corrected chi connectivity index (χ2v) is 9.18. The van der Waals surface area contributed by atoms with Crippen LogP contribution in [0, 0.1) is 5.92 Å². The van der Waals surface area contributed by atoms with Crippen molar-refractivity contribution in [3.05, 3.63) is 59.1 Å². The maximum atomic E-state index is 12.6. The van der Waals surface area contributed by atoms with Gasteiger partial charge in [0.25, 0.3) is 5.91 Å². The first kappa shape index (κ1) is 24.6. The van der Waals surface area contributed by atoms with Crippen molar-refractivity contribution in [2.24, 2.45) is 5.92 Å². The minimum absolute atomic E-state index is 0.0222. The van der Waals surface area contributed by atoms with E-state index in [1.807, 2.05) is 0 Å². The summed E-state index contributed by atoms with van der Waals surface area (Å²) in [5.74, 6) is -1.27. The molecule has 0 aliphatic heterocycles. The predicted octanol–water partition coefficient (Wildman–Crippen LogP) is 2.51. The third-order valence-corrected chi connectivity index (χ3v) is 5.99. The van der Waals surface area contributed by atoms with Crippen LogP contribution in [0.15, 0.2) is 53.4 Å². The fourth-order valence-electron chi connectivity index (χ4n) is 2.57. The number of nitrogens with one attached hydrogen (secondary N) is 2. The number of esters is 1. The molecule has 8 nitrogen and oxygen atoms in total. The van der Waals surface area contributed by atoms with Gasteiger partial charge in [-0.3, -0.25) is 9.59 Å². The second kappa shape index (κ2) is 11.1. The van der Waals surface area contributed by atoms with Crippen molar-refractivity contribution in [1.82, 2.24) is 10.0 Å². The molecular formula is C21H25ClN2O6S. The van der Waals surface area contributed by atoms with Crippen LogP contribution in [0.1, 0.15) is 19.4 Å². The summed E-state index contributed by atoms with van der Waals surface area (Å²) in [6.45, 7) is 3.02. The number of halogens is 1. The topological polar surface area (TPSA) is 111 Å². The standard InChI is InChI=1S/C21H25ClN2O6S/c1-14(2)20(24-31(27,28)18-9-7-17(29-3)8-10-18)21(26)30-13-19(25)23-12-15-5-4-6-16(22)11-15/h4-11,14,20,24H,12-13H2,1-3H3,(H,23,25)/t20-/m0/s1. The van der Waals surface area contributed by atoms with Crippen molar-refractivity contribution >= 4 is 33.5 Å². The minimum atomic E-state index is -3.98. The molecule has 0 unspecified atom stereocenters. The molecule has 0 saturated carbocycles. The van der Waals surface area contributed by atoms with E-state index in [4.69, 9.17) is 21.1 Å². The van der Waals surface area contributed by atoms with Crippen molar-refractivity contribution in [2.75, 3.05) is 13.7 Å². The van der Waals surface area contributed by atoms with E-state index in [0.717, 1.165) is 5.56 Å². The molecule has 31 heavy (non-hydrogen) atoms. The average molecular weight is 469 g/mol. The van der Waals surface area contributed by atoms with Crippen molar-refractivity contribution in [1.29, 1.82) is 0 Å². The number of hydrogen-bond donors (Lipinski definition) is 2. The molecule has 0 aliphatic rings. The molecule has 0 heterocycles. The molecule has 0 aliphatic carbocycles. The Kier molecular flexibility index (Phi) is 8.85. The van der Waals surface area contributed by atoms with E-state index >= 15 is 0 Å². The Labute approximate surface area is 186 Å².